The summed E-state index contributed by atoms with van der Waals surface area (Å²) in [6.07, 6.45) is 29.7. The van der Waals surface area contributed by atoms with Crippen molar-refractivity contribution in [2.24, 2.45) is 11.8 Å². The zero-order valence-corrected chi connectivity index (χ0v) is 30.6. The van der Waals surface area contributed by atoms with Crippen LogP contribution in [0, 0.1) is 11.8 Å². The first-order valence-electron chi connectivity index (χ1n) is 16.8. The maximum absolute atomic E-state index is 13.0. The van der Waals surface area contributed by atoms with E-state index in [-0.39, 0.29) is 30.6 Å². The molecule has 0 saturated carbocycles. The number of carbonyl (C=O) groups excluding carboxylic acids is 3. The number of rotatable bonds is 10. The van der Waals surface area contributed by atoms with Crippen molar-refractivity contribution in [2.75, 3.05) is 27.4 Å². The van der Waals surface area contributed by atoms with Crippen LogP contribution in [0.5, 0.6) is 0 Å². The number of aliphatic hydroxyl groups is 1. The second kappa shape index (κ2) is 25.0. The van der Waals surface area contributed by atoms with Crippen LogP contribution in [0.3, 0.4) is 0 Å². The van der Waals surface area contributed by atoms with Crippen LogP contribution >= 0.6 is 0 Å². The van der Waals surface area contributed by atoms with Crippen LogP contribution in [-0.4, -0.2) is 75.1 Å². The number of hydrogen-bond acceptors (Lipinski definition) is 7. The van der Waals surface area contributed by atoms with E-state index in [1.807, 2.05) is 89.3 Å². The van der Waals surface area contributed by atoms with Crippen molar-refractivity contribution >= 4 is 18.3 Å². The summed E-state index contributed by atoms with van der Waals surface area (Å²) in [5, 5.41) is 14.3. The zero-order valence-electron chi connectivity index (χ0n) is 30.6. The van der Waals surface area contributed by atoms with E-state index >= 15 is 0 Å². The SMILES string of the molecule is COC1/C=C(C)/C=C/C(C)/C=C/C(=O)OC(/C(C)=C/C=C(\C)CNC(=O)[C@H](CO)NC=O)C(C)/C=C/C=C/C(OC)CC/C=C(C)/C=C/C1. The third-order valence-corrected chi connectivity index (χ3v) is 7.88. The Bertz CT molecular complexity index is 1320. The van der Waals surface area contributed by atoms with Crippen molar-refractivity contribution in [3.05, 3.63) is 107 Å². The first-order chi connectivity index (χ1) is 23.4. The maximum Gasteiger partial charge on any atom is 0.331 e. The summed E-state index contributed by atoms with van der Waals surface area (Å²) >= 11 is 0. The Morgan fingerprint density at radius 2 is 1.69 bits per heavy atom. The minimum Gasteiger partial charge on any atom is -0.454 e. The summed E-state index contributed by atoms with van der Waals surface area (Å²) in [6, 6.07) is -1.01. The molecule has 0 fully saturated rings. The molecule has 3 N–H and O–H groups in total. The summed E-state index contributed by atoms with van der Waals surface area (Å²) in [5.74, 6) is -1.10. The fourth-order valence-corrected chi connectivity index (χ4v) is 4.78. The molecule has 6 atom stereocenters. The number of ether oxygens (including phenoxy) is 3. The minimum absolute atomic E-state index is 0.00523. The van der Waals surface area contributed by atoms with Gasteiger partial charge in [0.1, 0.15) is 12.1 Å². The van der Waals surface area contributed by atoms with Gasteiger partial charge in [-0.1, -0.05) is 110 Å². The molecule has 1 aliphatic rings. The first kappa shape index (κ1) is 43.0. The number of amides is 2. The van der Waals surface area contributed by atoms with Crippen molar-refractivity contribution in [3.63, 3.8) is 0 Å². The van der Waals surface area contributed by atoms with Gasteiger partial charge in [0.2, 0.25) is 12.3 Å². The lowest BCUT2D eigenvalue weighted by Crippen LogP contribution is -2.46. The van der Waals surface area contributed by atoms with Gasteiger partial charge >= 0.3 is 5.97 Å². The van der Waals surface area contributed by atoms with Gasteiger partial charge in [-0.15, -0.1) is 0 Å². The highest BCUT2D eigenvalue weighted by Crippen LogP contribution is 2.20. The van der Waals surface area contributed by atoms with Crippen LogP contribution in [0.15, 0.2) is 107 Å². The van der Waals surface area contributed by atoms with Gasteiger partial charge in [-0.2, -0.15) is 0 Å². The molecule has 0 spiro atoms. The second-order valence-electron chi connectivity index (χ2n) is 12.3. The molecule has 49 heavy (non-hydrogen) atoms. The molecule has 1 heterocycles. The topological polar surface area (TPSA) is 123 Å². The zero-order chi connectivity index (χ0) is 36.6. The average molecular weight is 679 g/mol. The van der Waals surface area contributed by atoms with E-state index in [2.05, 4.69) is 41.9 Å². The molecule has 0 radical (unpaired) electrons. The predicted octanol–water partition coefficient (Wildman–Crippen LogP) is 6.17. The van der Waals surface area contributed by atoms with E-state index in [0.29, 0.717) is 6.41 Å². The van der Waals surface area contributed by atoms with E-state index in [1.54, 1.807) is 14.2 Å². The van der Waals surface area contributed by atoms with Gasteiger partial charge in [0.05, 0.1) is 18.8 Å². The number of esters is 1. The summed E-state index contributed by atoms with van der Waals surface area (Å²) < 4.78 is 17.3. The van der Waals surface area contributed by atoms with Gasteiger partial charge in [-0.25, -0.2) is 4.79 Å². The predicted molar refractivity (Wildman–Crippen MR) is 197 cm³/mol. The van der Waals surface area contributed by atoms with Gasteiger partial charge < -0.3 is 30.0 Å². The Kier molecular flexibility index (Phi) is 21.9. The third kappa shape index (κ3) is 18.9. The van der Waals surface area contributed by atoms with Gasteiger partial charge in [0.15, 0.2) is 0 Å². The van der Waals surface area contributed by atoms with Crippen LogP contribution < -0.4 is 10.6 Å². The molecule has 9 nitrogen and oxygen atoms in total. The fraction of sp³-hybridized carbons (Fsp3) is 0.475. The van der Waals surface area contributed by atoms with Crippen molar-refractivity contribution in [2.45, 2.75) is 85.2 Å². The molecule has 2 amide bonds. The maximum atomic E-state index is 13.0. The molecule has 1 rings (SSSR count). The molecule has 1 aliphatic heterocycles. The molecule has 0 aliphatic carbocycles. The molecule has 0 bridgehead atoms. The standard InChI is InChI=1S/C40H58N2O7/c1-29-13-11-17-35(47-7)16-10-9-15-33(5)39(34(6)23-21-32(4)26-41-40(46)37(27-43)42-28-44)49-38(45)24-22-30(2)19-20-31(3)25-36(48-8)18-12-14-29/h9-10,12-16,19-25,28,30,33,35-37,39,43H,11,17-18,26-27H2,1-8H3,(H,41,46)(H,42,44)/b14-12+,15-9+,16-10+,20-19+,24-22+,29-13+,31-25+,32-21+,34-23+/t30?,33?,35?,36?,37-,39?/m0/s1. The molecule has 0 aromatic heterocycles. The van der Waals surface area contributed by atoms with E-state index in [4.69, 9.17) is 14.2 Å². The van der Waals surface area contributed by atoms with Crippen LogP contribution in [0.2, 0.25) is 0 Å². The van der Waals surface area contributed by atoms with Crippen molar-refractivity contribution < 1.29 is 33.7 Å². The second-order valence-corrected chi connectivity index (χ2v) is 12.3. The molecule has 0 aromatic rings. The Morgan fingerprint density at radius 3 is 2.37 bits per heavy atom. The lowest BCUT2D eigenvalue weighted by atomic mass is 9.96. The van der Waals surface area contributed by atoms with E-state index in [1.165, 1.54) is 11.6 Å². The summed E-state index contributed by atoms with van der Waals surface area (Å²) in [7, 11) is 3.41. The van der Waals surface area contributed by atoms with Crippen molar-refractivity contribution in [1.82, 2.24) is 10.6 Å². The van der Waals surface area contributed by atoms with Gasteiger partial charge in [0.25, 0.3) is 0 Å². The number of aliphatic hydroxyl groups excluding tert-OH is 1. The van der Waals surface area contributed by atoms with Crippen LogP contribution in [-0.2, 0) is 28.6 Å². The largest absolute Gasteiger partial charge is 0.454 e. The number of carbonyl (C=O) groups is 3. The van der Waals surface area contributed by atoms with Crippen LogP contribution in [0.1, 0.15) is 60.8 Å². The smallest absolute Gasteiger partial charge is 0.331 e. The Morgan fingerprint density at radius 1 is 1.00 bits per heavy atom. The summed E-state index contributed by atoms with van der Waals surface area (Å²) in [6.45, 7) is 11.6. The highest BCUT2D eigenvalue weighted by atomic mass is 16.5. The molecular formula is C40H58N2O7. The normalized spacial score (nSPS) is 30.1. The number of cyclic esters (lactones) is 1. The number of hydrogen-bond donors (Lipinski definition) is 3. The average Bonchev–Trinajstić information content (AvgIpc) is 3.08. The fourth-order valence-electron chi connectivity index (χ4n) is 4.78. The molecule has 270 valence electrons. The summed E-state index contributed by atoms with van der Waals surface area (Å²) in [4.78, 5) is 35.9. The lowest BCUT2D eigenvalue weighted by molar-refractivity contribution is -0.142. The Balaban J connectivity index is 3.31. The lowest BCUT2D eigenvalue weighted by Gasteiger charge is -2.22. The Hall–Kier alpha value is -4.05. The summed E-state index contributed by atoms with van der Waals surface area (Å²) in [5.41, 5.74) is 3.90. The van der Waals surface area contributed by atoms with Crippen molar-refractivity contribution in [3.8, 4) is 0 Å². The van der Waals surface area contributed by atoms with Gasteiger partial charge in [0, 0.05) is 32.8 Å². The highest BCUT2D eigenvalue weighted by Gasteiger charge is 2.21. The van der Waals surface area contributed by atoms with Crippen LogP contribution in [0.25, 0.3) is 0 Å². The molecule has 5 unspecified atom stereocenters. The van der Waals surface area contributed by atoms with E-state index < -0.39 is 30.6 Å². The number of nitrogens with one attached hydrogen (secondary N) is 2. The Labute approximate surface area is 293 Å². The minimum atomic E-state index is -1.01. The number of methoxy groups -OCH3 is 2. The van der Waals surface area contributed by atoms with Crippen LogP contribution in [0.4, 0.5) is 0 Å². The van der Waals surface area contributed by atoms with E-state index in [0.717, 1.165) is 36.0 Å². The molecule has 0 aromatic carbocycles. The van der Waals surface area contributed by atoms with Gasteiger partial charge in [-0.3, -0.25) is 9.59 Å². The first-order valence-corrected chi connectivity index (χ1v) is 16.8. The molecule has 9 heteroatoms. The monoisotopic (exact) mass is 678 g/mol. The molecule has 0 saturated heterocycles. The highest BCUT2D eigenvalue weighted by molar-refractivity contribution is 5.84. The van der Waals surface area contributed by atoms with Gasteiger partial charge in [-0.05, 0) is 58.4 Å². The molecular weight excluding hydrogens is 620 g/mol. The quantitative estimate of drug-likeness (QED) is 0.143. The third-order valence-electron chi connectivity index (χ3n) is 7.88. The number of allylic oxidation sites excluding steroid dienone is 11. The van der Waals surface area contributed by atoms with E-state index in [9.17, 15) is 19.5 Å². The van der Waals surface area contributed by atoms with Crippen molar-refractivity contribution in [1.29, 1.82) is 0 Å².